The normalized spacial score (nSPS) is 14.8. The summed E-state index contributed by atoms with van der Waals surface area (Å²) < 4.78 is 0. The quantitative estimate of drug-likeness (QED) is 0.593. The molecule has 2 aromatic rings. The summed E-state index contributed by atoms with van der Waals surface area (Å²) in [6.07, 6.45) is 0. The van der Waals surface area contributed by atoms with Gasteiger partial charge in [0.2, 0.25) is 5.12 Å². The Morgan fingerprint density at radius 1 is 0.960 bits per heavy atom. The zero-order valence-corrected chi connectivity index (χ0v) is 15.3. The molecular weight excluding hydrogens is 358 g/mol. The third kappa shape index (κ3) is 3.34. The lowest BCUT2D eigenvalue weighted by molar-refractivity contribution is -0.115. The van der Waals surface area contributed by atoms with E-state index < -0.39 is 17.9 Å². The standard InChI is InChI=1S/C19H16ClNO3S/c1-11(2)16(19(24)25-13-9-7-12(20)8-10-13)21-17(22)14-5-3-4-6-15(14)18(21)23/h3-11,16H,1-2H3. The first-order valence-corrected chi connectivity index (χ1v) is 9.03. The monoisotopic (exact) mass is 373 g/mol. The van der Waals surface area contributed by atoms with E-state index in [9.17, 15) is 14.4 Å². The fourth-order valence-corrected chi connectivity index (χ4v) is 3.94. The summed E-state index contributed by atoms with van der Waals surface area (Å²) in [5.74, 6) is -1.02. The van der Waals surface area contributed by atoms with Crippen LogP contribution in [0.1, 0.15) is 34.6 Å². The van der Waals surface area contributed by atoms with Crippen molar-refractivity contribution < 1.29 is 14.4 Å². The van der Waals surface area contributed by atoms with Crippen LogP contribution in [0.3, 0.4) is 0 Å². The zero-order valence-electron chi connectivity index (χ0n) is 13.7. The predicted molar refractivity (Wildman–Crippen MR) is 97.9 cm³/mol. The number of rotatable bonds is 4. The highest BCUT2D eigenvalue weighted by Gasteiger charge is 2.43. The minimum absolute atomic E-state index is 0.200. The largest absolute Gasteiger partial charge is 0.284 e. The summed E-state index contributed by atoms with van der Waals surface area (Å²) in [6.45, 7) is 3.66. The molecule has 2 amide bonds. The molecule has 3 rings (SSSR count). The smallest absolute Gasteiger partial charge is 0.262 e. The van der Waals surface area contributed by atoms with Gasteiger partial charge in [-0.2, -0.15) is 0 Å². The Bertz CT molecular complexity index is 813. The molecular formula is C19H16ClNO3S. The molecule has 0 saturated heterocycles. The van der Waals surface area contributed by atoms with E-state index in [0.29, 0.717) is 16.1 Å². The van der Waals surface area contributed by atoms with Crippen LogP contribution in [0.25, 0.3) is 0 Å². The van der Waals surface area contributed by atoms with Gasteiger partial charge in [0.25, 0.3) is 11.8 Å². The highest BCUT2D eigenvalue weighted by molar-refractivity contribution is 8.13. The number of hydrogen-bond acceptors (Lipinski definition) is 4. The summed E-state index contributed by atoms with van der Waals surface area (Å²) in [5, 5.41) is 0.337. The average Bonchev–Trinajstić information content (AvgIpc) is 2.83. The highest BCUT2D eigenvalue weighted by Crippen LogP contribution is 2.31. The van der Waals surface area contributed by atoms with Crippen LogP contribution < -0.4 is 0 Å². The number of halogens is 1. The summed E-state index contributed by atoms with van der Waals surface area (Å²) in [5.41, 5.74) is 0.699. The number of carbonyl (C=O) groups excluding carboxylic acids is 3. The van der Waals surface area contributed by atoms with Gasteiger partial charge in [0.05, 0.1) is 11.1 Å². The van der Waals surface area contributed by atoms with Gasteiger partial charge >= 0.3 is 0 Å². The molecule has 1 heterocycles. The van der Waals surface area contributed by atoms with Crippen molar-refractivity contribution in [2.75, 3.05) is 0 Å². The van der Waals surface area contributed by atoms with E-state index in [2.05, 4.69) is 0 Å². The maximum Gasteiger partial charge on any atom is 0.262 e. The lowest BCUT2D eigenvalue weighted by atomic mass is 10.0. The molecule has 1 aliphatic heterocycles. The van der Waals surface area contributed by atoms with Gasteiger partial charge in [-0.15, -0.1) is 0 Å². The Balaban J connectivity index is 1.89. The molecule has 1 atom stereocenters. The van der Waals surface area contributed by atoms with E-state index >= 15 is 0 Å². The second-order valence-corrected chi connectivity index (χ2v) is 7.60. The van der Waals surface area contributed by atoms with E-state index in [0.717, 1.165) is 21.6 Å². The first kappa shape index (κ1) is 17.7. The van der Waals surface area contributed by atoms with Gasteiger partial charge in [-0.05, 0) is 54.1 Å². The van der Waals surface area contributed by atoms with Gasteiger partial charge in [-0.1, -0.05) is 37.6 Å². The second kappa shape index (κ2) is 7.02. The van der Waals surface area contributed by atoms with Crippen LogP contribution in [0.5, 0.6) is 0 Å². The molecule has 0 fully saturated rings. The molecule has 0 bridgehead atoms. The van der Waals surface area contributed by atoms with Crippen LogP contribution in [-0.4, -0.2) is 27.9 Å². The summed E-state index contributed by atoms with van der Waals surface area (Å²) in [7, 11) is 0. The SMILES string of the molecule is CC(C)C(C(=O)Sc1ccc(Cl)cc1)N1C(=O)c2ccccc2C1=O. The highest BCUT2D eigenvalue weighted by atomic mass is 35.5. The number of amides is 2. The van der Waals surface area contributed by atoms with Gasteiger partial charge in [-0.25, -0.2) is 0 Å². The molecule has 1 aliphatic rings. The maximum absolute atomic E-state index is 12.9. The number of fused-ring (bicyclic) bond motifs is 1. The minimum Gasteiger partial charge on any atom is -0.284 e. The lowest BCUT2D eigenvalue weighted by Crippen LogP contribution is -2.47. The zero-order chi connectivity index (χ0) is 18.1. The third-order valence-electron chi connectivity index (χ3n) is 4.01. The van der Waals surface area contributed by atoms with Gasteiger partial charge in [0, 0.05) is 9.92 Å². The maximum atomic E-state index is 12.9. The molecule has 0 aromatic heterocycles. The number of imide groups is 1. The van der Waals surface area contributed by atoms with E-state index in [1.807, 2.05) is 13.8 Å². The Hall–Kier alpha value is -2.11. The van der Waals surface area contributed by atoms with Crippen LogP contribution in [0, 0.1) is 5.92 Å². The van der Waals surface area contributed by atoms with Crippen molar-refractivity contribution >= 4 is 40.3 Å². The number of thioether (sulfide) groups is 1. The van der Waals surface area contributed by atoms with Crippen LogP contribution >= 0.6 is 23.4 Å². The summed E-state index contributed by atoms with van der Waals surface area (Å²) >= 11 is 6.88. The van der Waals surface area contributed by atoms with Gasteiger partial charge in [-0.3, -0.25) is 19.3 Å². The Kier molecular flexibility index (Phi) is 4.97. The minimum atomic E-state index is -0.826. The van der Waals surface area contributed by atoms with E-state index in [1.54, 1.807) is 48.5 Å². The van der Waals surface area contributed by atoms with Crippen LogP contribution in [0.4, 0.5) is 0 Å². The van der Waals surface area contributed by atoms with Crippen molar-refractivity contribution in [3.8, 4) is 0 Å². The summed E-state index contributed by atoms with van der Waals surface area (Å²) in [6, 6.07) is 12.7. The Labute approximate surface area is 155 Å². The van der Waals surface area contributed by atoms with Crippen LogP contribution in [0.15, 0.2) is 53.4 Å². The van der Waals surface area contributed by atoms with Crippen molar-refractivity contribution in [1.29, 1.82) is 0 Å². The van der Waals surface area contributed by atoms with Gasteiger partial charge in [0.15, 0.2) is 0 Å². The van der Waals surface area contributed by atoms with Gasteiger partial charge in [0.1, 0.15) is 6.04 Å². The second-order valence-electron chi connectivity index (χ2n) is 6.09. The van der Waals surface area contributed by atoms with E-state index in [1.165, 1.54) is 0 Å². The number of benzene rings is 2. The molecule has 1 unspecified atom stereocenters. The molecule has 0 radical (unpaired) electrons. The fourth-order valence-electron chi connectivity index (χ4n) is 2.82. The Morgan fingerprint density at radius 2 is 1.48 bits per heavy atom. The van der Waals surface area contributed by atoms with Crippen molar-refractivity contribution in [3.05, 3.63) is 64.7 Å². The molecule has 128 valence electrons. The van der Waals surface area contributed by atoms with Crippen molar-refractivity contribution in [2.24, 2.45) is 5.92 Å². The van der Waals surface area contributed by atoms with Gasteiger partial charge < -0.3 is 0 Å². The van der Waals surface area contributed by atoms with E-state index in [4.69, 9.17) is 11.6 Å². The average molecular weight is 374 g/mol. The molecule has 0 spiro atoms. The molecule has 6 heteroatoms. The Morgan fingerprint density at radius 3 is 1.96 bits per heavy atom. The van der Waals surface area contributed by atoms with Crippen molar-refractivity contribution in [3.63, 3.8) is 0 Å². The topological polar surface area (TPSA) is 54.5 Å². The molecule has 0 saturated carbocycles. The van der Waals surface area contributed by atoms with Crippen molar-refractivity contribution in [1.82, 2.24) is 4.90 Å². The van der Waals surface area contributed by atoms with E-state index in [-0.39, 0.29) is 11.0 Å². The molecule has 25 heavy (non-hydrogen) atoms. The summed E-state index contributed by atoms with van der Waals surface area (Å²) in [4.78, 5) is 40.0. The fraction of sp³-hybridized carbons (Fsp3) is 0.211. The first-order chi connectivity index (χ1) is 11.9. The van der Waals surface area contributed by atoms with Crippen molar-refractivity contribution in [2.45, 2.75) is 24.8 Å². The van der Waals surface area contributed by atoms with Crippen LogP contribution in [-0.2, 0) is 4.79 Å². The molecule has 0 N–H and O–H groups in total. The lowest BCUT2D eigenvalue weighted by Gasteiger charge is -2.27. The number of carbonyl (C=O) groups is 3. The molecule has 2 aromatic carbocycles. The number of nitrogens with zero attached hydrogens (tertiary/aromatic N) is 1. The first-order valence-electron chi connectivity index (χ1n) is 7.84. The molecule has 0 aliphatic carbocycles. The molecule has 4 nitrogen and oxygen atoms in total. The van der Waals surface area contributed by atoms with Crippen LogP contribution in [0.2, 0.25) is 5.02 Å². The predicted octanol–water partition coefficient (Wildman–Crippen LogP) is 4.28. The number of hydrogen-bond donors (Lipinski definition) is 0. The third-order valence-corrected chi connectivity index (χ3v) is 5.21.